The van der Waals surface area contributed by atoms with Crippen LogP contribution in [-0.2, 0) is 4.79 Å². The first-order chi connectivity index (χ1) is 8.38. The van der Waals surface area contributed by atoms with Crippen molar-refractivity contribution in [1.82, 2.24) is 5.32 Å². The van der Waals surface area contributed by atoms with Crippen LogP contribution in [0.2, 0.25) is 0 Å². The van der Waals surface area contributed by atoms with Gasteiger partial charge in [-0.25, -0.2) is 0 Å². The Morgan fingerprint density at radius 3 is 2.56 bits per heavy atom. The molecule has 106 valence electrons. The summed E-state index contributed by atoms with van der Waals surface area (Å²) in [5, 5.41) is 12.2. The van der Waals surface area contributed by atoms with Crippen molar-refractivity contribution in [3.63, 3.8) is 0 Å². The van der Waals surface area contributed by atoms with E-state index in [9.17, 15) is 23.1 Å². The number of nitrogens with one attached hydrogen (secondary N) is 1. The highest BCUT2D eigenvalue weighted by Gasteiger charge is 2.27. The summed E-state index contributed by atoms with van der Waals surface area (Å²) in [5.74, 6) is -1.49. The maximum atomic E-state index is 11.8. The Balaban J connectivity index is 2.09. The Morgan fingerprint density at radius 1 is 1.39 bits per heavy atom. The molecule has 1 amide bonds. The number of halogens is 3. The fraction of sp³-hybridized carbons (Fsp3) is 0.909. The van der Waals surface area contributed by atoms with Gasteiger partial charge in [0.15, 0.2) is 0 Å². The number of rotatable bonds is 6. The van der Waals surface area contributed by atoms with Gasteiger partial charge in [0, 0.05) is 6.54 Å². The van der Waals surface area contributed by atoms with Crippen molar-refractivity contribution < 1.29 is 23.1 Å². The van der Waals surface area contributed by atoms with Gasteiger partial charge >= 0.3 is 6.18 Å². The number of carbonyl (C=O) groups is 1. The zero-order chi connectivity index (χ0) is 13.6. The molecule has 0 heterocycles. The summed E-state index contributed by atoms with van der Waals surface area (Å²) in [6, 6.07) is 0. The molecule has 0 aromatic carbocycles. The molecule has 3 nitrogen and oxygen atoms in total. The summed E-state index contributed by atoms with van der Waals surface area (Å²) in [5.41, 5.74) is 0. The third kappa shape index (κ3) is 6.49. The molecule has 0 bridgehead atoms. The number of aliphatic hydroxyl groups is 1. The first-order valence-corrected chi connectivity index (χ1v) is 7.13. The Kier molecular flexibility index (Phi) is 6.28. The van der Waals surface area contributed by atoms with E-state index in [0.717, 1.165) is 25.7 Å². The second-order valence-corrected chi connectivity index (χ2v) is 5.51. The zero-order valence-corrected chi connectivity index (χ0v) is 10.8. The van der Waals surface area contributed by atoms with Crippen LogP contribution in [0.1, 0.15) is 25.7 Å². The minimum atomic E-state index is -4.24. The molecule has 1 unspecified atom stereocenters. The first-order valence-electron chi connectivity index (χ1n) is 5.98. The Morgan fingerprint density at radius 2 is 2.00 bits per heavy atom. The third-order valence-electron chi connectivity index (χ3n) is 2.95. The van der Waals surface area contributed by atoms with E-state index < -0.39 is 23.9 Å². The van der Waals surface area contributed by atoms with Crippen molar-refractivity contribution in [3.8, 4) is 0 Å². The van der Waals surface area contributed by atoms with Gasteiger partial charge in [0.1, 0.15) is 0 Å². The van der Waals surface area contributed by atoms with Gasteiger partial charge in [0.25, 0.3) is 0 Å². The van der Waals surface area contributed by atoms with E-state index in [0.29, 0.717) is 11.8 Å². The Bertz CT molecular complexity index is 268. The Labute approximate surface area is 109 Å². The van der Waals surface area contributed by atoms with Gasteiger partial charge in [0.2, 0.25) is 5.91 Å². The van der Waals surface area contributed by atoms with Gasteiger partial charge < -0.3 is 10.4 Å². The summed E-state index contributed by atoms with van der Waals surface area (Å²) in [6.07, 6.45) is -0.716. The van der Waals surface area contributed by atoms with Crippen LogP contribution < -0.4 is 5.32 Å². The van der Waals surface area contributed by atoms with Gasteiger partial charge in [-0.3, -0.25) is 4.79 Å². The third-order valence-corrected chi connectivity index (χ3v) is 3.95. The molecule has 0 aromatic rings. The van der Waals surface area contributed by atoms with Crippen molar-refractivity contribution in [2.45, 2.75) is 38.0 Å². The van der Waals surface area contributed by atoms with E-state index in [1.165, 1.54) is 0 Å². The standard InChI is InChI=1S/C11H18F3NO2S/c12-11(13,14)7-18-6-10(17)15-5-9(16)8-3-1-2-4-8/h8-9,16H,1-7H2,(H,15,17). The summed E-state index contributed by atoms with van der Waals surface area (Å²) < 4.78 is 35.5. The van der Waals surface area contributed by atoms with Crippen LogP contribution >= 0.6 is 11.8 Å². The van der Waals surface area contributed by atoms with E-state index in [-0.39, 0.29) is 18.2 Å². The molecule has 1 rings (SSSR count). The van der Waals surface area contributed by atoms with Gasteiger partial charge in [0.05, 0.1) is 17.6 Å². The van der Waals surface area contributed by atoms with E-state index in [2.05, 4.69) is 5.32 Å². The first kappa shape index (κ1) is 15.6. The number of thioether (sulfide) groups is 1. The lowest BCUT2D eigenvalue weighted by atomic mass is 10.0. The quantitative estimate of drug-likeness (QED) is 0.784. The molecule has 7 heteroatoms. The van der Waals surface area contributed by atoms with Crippen molar-refractivity contribution in [2.75, 3.05) is 18.1 Å². The maximum Gasteiger partial charge on any atom is 0.397 e. The number of carbonyl (C=O) groups excluding carboxylic acids is 1. The Hall–Kier alpha value is -0.430. The van der Waals surface area contributed by atoms with Crippen molar-refractivity contribution >= 4 is 17.7 Å². The smallest absolute Gasteiger partial charge is 0.391 e. The molecule has 1 aliphatic rings. The minimum absolute atomic E-state index is 0.135. The molecule has 0 aromatic heterocycles. The molecule has 1 atom stereocenters. The van der Waals surface area contributed by atoms with Gasteiger partial charge in [-0.15, -0.1) is 11.8 Å². The van der Waals surface area contributed by atoms with Gasteiger partial charge in [-0.1, -0.05) is 12.8 Å². The number of alkyl halides is 3. The molecule has 0 spiro atoms. The highest BCUT2D eigenvalue weighted by atomic mass is 32.2. The van der Waals surface area contributed by atoms with E-state index >= 15 is 0 Å². The molecule has 1 fully saturated rings. The predicted molar refractivity (Wildman–Crippen MR) is 64.4 cm³/mol. The highest BCUT2D eigenvalue weighted by molar-refractivity contribution is 8.00. The van der Waals surface area contributed by atoms with E-state index in [1.54, 1.807) is 0 Å². The molecular weight excluding hydrogens is 267 g/mol. The number of hydrogen-bond acceptors (Lipinski definition) is 3. The van der Waals surface area contributed by atoms with Crippen molar-refractivity contribution in [3.05, 3.63) is 0 Å². The summed E-state index contributed by atoms with van der Waals surface area (Å²) >= 11 is 0.534. The fourth-order valence-corrected chi connectivity index (χ4v) is 2.66. The van der Waals surface area contributed by atoms with Crippen LogP contribution in [0.4, 0.5) is 13.2 Å². The molecule has 18 heavy (non-hydrogen) atoms. The van der Waals surface area contributed by atoms with Crippen molar-refractivity contribution in [1.29, 1.82) is 0 Å². The van der Waals surface area contributed by atoms with Crippen molar-refractivity contribution in [2.24, 2.45) is 5.92 Å². The lowest BCUT2D eigenvalue weighted by molar-refractivity contribution is -0.119. The SMILES string of the molecule is O=C(CSCC(F)(F)F)NCC(O)C1CCCC1. The van der Waals surface area contributed by atoms with E-state index in [1.807, 2.05) is 0 Å². The molecule has 0 radical (unpaired) electrons. The second-order valence-electron chi connectivity index (χ2n) is 4.52. The van der Waals surface area contributed by atoms with Gasteiger partial charge in [-0.05, 0) is 18.8 Å². The average molecular weight is 285 g/mol. The second kappa shape index (κ2) is 7.23. The number of hydrogen-bond donors (Lipinski definition) is 2. The molecule has 0 saturated heterocycles. The monoisotopic (exact) mass is 285 g/mol. The summed E-state index contributed by atoms with van der Waals surface area (Å²) in [6.45, 7) is 0.135. The maximum absolute atomic E-state index is 11.8. The predicted octanol–water partition coefficient (Wildman–Crippen LogP) is 1.95. The molecule has 2 N–H and O–H groups in total. The van der Waals surface area contributed by atoms with Crippen LogP contribution in [-0.4, -0.2) is 41.3 Å². The van der Waals surface area contributed by atoms with Crippen LogP contribution in [0.3, 0.4) is 0 Å². The normalized spacial score (nSPS) is 18.9. The lowest BCUT2D eigenvalue weighted by Crippen LogP contribution is -2.36. The topological polar surface area (TPSA) is 49.3 Å². The lowest BCUT2D eigenvalue weighted by Gasteiger charge is -2.18. The summed E-state index contributed by atoms with van der Waals surface area (Å²) in [4.78, 5) is 11.2. The molecular formula is C11H18F3NO2S. The van der Waals surface area contributed by atoms with Crippen LogP contribution in [0.15, 0.2) is 0 Å². The van der Waals surface area contributed by atoms with Crippen LogP contribution in [0.25, 0.3) is 0 Å². The van der Waals surface area contributed by atoms with Crippen LogP contribution in [0, 0.1) is 5.92 Å². The van der Waals surface area contributed by atoms with E-state index in [4.69, 9.17) is 0 Å². The fourth-order valence-electron chi connectivity index (χ4n) is 2.04. The highest BCUT2D eigenvalue weighted by Crippen LogP contribution is 2.27. The average Bonchev–Trinajstić information content (AvgIpc) is 2.77. The van der Waals surface area contributed by atoms with Crippen LogP contribution in [0.5, 0.6) is 0 Å². The molecule has 1 aliphatic carbocycles. The minimum Gasteiger partial charge on any atom is -0.391 e. The van der Waals surface area contributed by atoms with Gasteiger partial charge in [-0.2, -0.15) is 13.2 Å². The number of amides is 1. The largest absolute Gasteiger partial charge is 0.397 e. The molecule has 0 aliphatic heterocycles. The molecule has 1 saturated carbocycles. The number of aliphatic hydroxyl groups excluding tert-OH is 1. The zero-order valence-electron chi connectivity index (χ0n) is 10.0. The summed E-state index contributed by atoms with van der Waals surface area (Å²) in [7, 11) is 0.